The third-order valence-corrected chi connectivity index (χ3v) is 11.9. The molecule has 3 rings (SSSR count). The first-order valence-electron chi connectivity index (χ1n) is 24.0. The summed E-state index contributed by atoms with van der Waals surface area (Å²) in [5.41, 5.74) is 10.9. The maximum atomic E-state index is 12.1. The predicted octanol–water partition coefficient (Wildman–Crippen LogP) is 2.13. The van der Waals surface area contributed by atoms with E-state index < -0.39 is 28.6 Å². The van der Waals surface area contributed by atoms with Gasteiger partial charge in [-0.1, -0.05) is 86.1 Å². The number of nitrogens with one attached hydrogen (secondary N) is 8. The Kier molecular flexibility index (Phi) is 72.4. The highest BCUT2D eigenvalue weighted by atomic mass is 32.2. The largest absolute Gasteiger partial charge is 0.358 e. The van der Waals surface area contributed by atoms with Crippen LogP contribution < -0.4 is 54.0 Å². The molecule has 78 heavy (non-hydrogen) atoms. The van der Waals surface area contributed by atoms with E-state index in [-0.39, 0.29) is 173 Å². The molecule has 0 aromatic carbocycles. The van der Waals surface area contributed by atoms with Crippen molar-refractivity contribution in [1.29, 1.82) is 0 Å². The number of likely N-dealkylation sites (N-methyl/N-ethyl adjacent to an activating group) is 3. The van der Waals surface area contributed by atoms with Crippen molar-refractivity contribution in [3.8, 4) is 0 Å². The number of hydrogen-bond acceptors (Lipinski definition) is 17. The number of nitrogens with two attached hydrogens (primary N) is 2. The zero-order valence-electron chi connectivity index (χ0n) is 44.2. The van der Waals surface area contributed by atoms with Crippen molar-refractivity contribution in [3.63, 3.8) is 0 Å². The van der Waals surface area contributed by atoms with E-state index in [2.05, 4.69) is 55.2 Å². The fourth-order valence-electron chi connectivity index (χ4n) is 5.32. The maximum Gasteiger partial charge on any atom is 0.253 e. The van der Waals surface area contributed by atoms with E-state index in [1.54, 1.807) is 14.0 Å². The lowest BCUT2D eigenvalue weighted by atomic mass is 10.2. The Hall–Kier alpha value is -5.25. The van der Waals surface area contributed by atoms with E-state index in [1.165, 1.54) is 49.8 Å². The number of rotatable bonds is 21. The SMILES string of the molecule is C.C.C.C.C.C.CC.CC.CC.CCNC(=O)CCN1C(=O)C=CC1=O.CCNC(=O)CCN1C(=O)CC(SC[C@@H](N)C(=O)NC)C1=O.CCNC(=O)CCNC(=O)CC1SC[C@H](C(=O)NC)NC1=O.CNC(=O)[C@H](N)CS. The molecule has 3 heterocycles. The molecule has 0 bridgehead atoms. The molecule has 12 N–H and O–H groups in total. The fourth-order valence-corrected chi connectivity index (χ4v) is 7.75. The number of thioether (sulfide) groups is 2. The topological polar surface area (TPSA) is 360 Å². The Morgan fingerprint density at radius 1 is 0.654 bits per heavy atom. The van der Waals surface area contributed by atoms with Gasteiger partial charge in [0.1, 0.15) is 6.04 Å². The lowest BCUT2D eigenvalue weighted by Crippen LogP contribution is -2.54. The number of carbonyl (C=O) groups excluding carboxylic acids is 12. The quantitative estimate of drug-likeness (QED) is 0.0579. The number of nitrogens with zero attached hydrogens (tertiary/aromatic N) is 2. The molecule has 2 fully saturated rings. The first-order valence-corrected chi connectivity index (χ1v) is 26.7. The van der Waals surface area contributed by atoms with Gasteiger partial charge in [0.25, 0.3) is 11.8 Å². The van der Waals surface area contributed by atoms with Gasteiger partial charge in [-0.15, -0.1) is 23.5 Å². The molecule has 0 saturated carbocycles. The number of hydrogen-bond donors (Lipinski definition) is 11. The summed E-state index contributed by atoms with van der Waals surface area (Å²) in [5.74, 6) is -2.01. The molecule has 0 aromatic heterocycles. The van der Waals surface area contributed by atoms with Gasteiger partial charge in [-0.2, -0.15) is 12.6 Å². The Balaban J connectivity index is -0.0000000972. The Bertz CT molecular complexity index is 1730. The number of likely N-dealkylation sites (tertiary alicyclic amines) is 1. The van der Waals surface area contributed by atoms with Gasteiger partial charge < -0.3 is 54.0 Å². The van der Waals surface area contributed by atoms with Crippen molar-refractivity contribution < 1.29 is 57.5 Å². The van der Waals surface area contributed by atoms with Crippen LogP contribution in [0.5, 0.6) is 0 Å². The summed E-state index contributed by atoms with van der Waals surface area (Å²) in [4.78, 5) is 139. The van der Waals surface area contributed by atoms with Crippen molar-refractivity contribution in [2.45, 2.75) is 168 Å². The summed E-state index contributed by atoms with van der Waals surface area (Å²) < 4.78 is 0. The maximum absolute atomic E-state index is 12.1. The summed E-state index contributed by atoms with van der Waals surface area (Å²) in [6.07, 6.45) is 3.00. The molecule has 3 aliphatic rings. The third-order valence-electron chi connectivity index (χ3n) is 8.87. The summed E-state index contributed by atoms with van der Waals surface area (Å²) >= 11 is 6.31. The number of thiol groups is 1. The van der Waals surface area contributed by atoms with E-state index in [9.17, 15) is 57.5 Å². The molecule has 5 atom stereocenters. The molecule has 0 aromatic rings. The van der Waals surface area contributed by atoms with Crippen LogP contribution in [0.1, 0.15) is 139 Å². The Morgan fingerprint density at radius 3 is 1.46 bits per heavy atom. The van der Waals surface area contributed by atoms with Gasteiger partial charge in [-0.05, 0) is 20.8 Å². The predicted molar refractivity (Wildman–Crippen MR) is 326 cm³/mol. The van der Waals surface area contributed by atoms with Crippen LogP contribution in [0, 0.1) is 0 Å². The smallest absolute Gasteiger partial charge is 0.253 e. The van der Waals surface area contributed by atoms with E-state index in [0.717, 1.165) is 9.80 Å². The lowest BCUT2D eigenvalue weighted by Gasteiger charge is -2.27. The monoisotopic (exact) mass is 1180 g/mol. The minimum Gasteiger partial charge on any atom is -0.358 e. The van der Waals surface area contributed by atoms with Gasteiger partial charge in [-0.25, -0.2) is 0 Å². The zero-order valence-corrected chi connectivity index (χ0v) is 46.7. The number of imide groups is 2. The standard InChI is InChI=1S/2C13H22N4O4S.C9H12N2O3.C4H10N2OS.3C2H6.6CH4/c1-3-16-10(18)4-5-17-11(19)6-9(13(17)21)22-7-8(14)12(20)15-2;1-3-15-10(18)4-5-16-11(19)6-9-13(21)17-8(7-22-9)12(20)14-2;1-2-10-7(12)5-6-11-8(13)3-4-9(11)14;1-6-4(7)3(5)2-8;3*1-2;;;;;;/h8-9H,3-7,14H2,1-2H3,(H,15,20)(H,16,18);8-9H,3-7H2,1-2H3,(H,14,20)(H,15,18)(H,16,19)(H,17,21);3-4H,2,5-6H2,1H3,(H,10,12);3,8H,2,5H2,1H3,(H,6,7);3*1-2H3;6*1H4/t2*8-,9?;;3-;;;;;;;;;/m11.1........./s1. The van der Waals surface area contributed by atoms with Crippen molar-refractivity contribution in [1.82, 2.24) is 52.3 Å². The second kappa shape index (κ2) is 59.4. The molecule has 12 amide bonds. The summed E-state index contributed by atoms with van der Waals surface area (Å²) in [7, 11) is 4.54. The van der Waals surface area contributed by atoms with E-state index >= 15 is 0 Å². The van der Waals surface area contributed by atoms with Crippen LogP contribution in [0.4, 0.5) is 0 Å². The molecule has 27 heteroatoms. The average Bonchev–Trinajstić information content (AvgIpc) is 3.86. The van der Waals surface area contributed by atoms with Crippen LogP contribution in [0.15, 0.2) is 12.2 Å². The highest BCUT2D eigenvalue weighted by Gasteiger charge is 2.39. The van der Waals surface area contributed by atoms with Crippen molar-refractivity contribution in [3.05, 3.63) is 12.2 Å². The molecule has 3 aliphatic heterocycles. The minimum absolute atomic E-state index is 0. The van der Waals surface area contributed by atoms with Gasteiger partial charge in [0, 0.05) is 122 Å². The van der Waals surface area contributed by atoms with Crippen molar-refractivity contribution >= 4 is 107 Å². The molecule has 462 valence electrons. The first-order chi connectivity index (χ1) is 34.2. The van der Waals surface area contributed by atoms with Crippen LogP contribution in [0.25, 0.3) is 0 Å². The van der Waals surface area contributed by atoms with Crippen LogP contribution >= 0.6 is 36.2 Å². The Morgan fingerprint density at radius 2 is 1.08 bits per heavy atom. The molecule has 0 spiro atoms. The second-order valence-electron chi connectivity index (χ2n) is 13.9. The van der Waals surface area contributed by atoms with Crippen LogP contribution in [0.2, 0.25) is 0 Å². The molecule has 24 nitrogen and oxygen atoms in total. The summed E-state index contributed by atoms with van der Waals surface area (Å²) in [6.45, 7) is 19.5. The third kappa shape index (κ3) is 41.8. The first kappa shape index (κ1) is 95.1. The van der Waals surface area contributed by atoms with Crippen LogP contribution in [-0.4, -0.2) is 187 Å². The average molecular weight is 1180 g/mol. The highest BCUT2D eigenvalue weighted by molar-refractivity contribution is 8.01. The summed E-state index contributed by atoms with van der Waals surface area (Å²) in [6, 6.07) is -1.75. The number of carbonyl (C=O) groups is 12. The van der Waals surface area contributed by atoms with E-state index in [4.69, 9.17) is 11.5 Å². The highest BCUT2D eigenvalue weighted by Crippen LogP contribution is 2.26. The normalized spacial score (nSPS) is 15.5. The lowest BCUT2D eigenvalue weighted by molar-refractivity contribution is -0.140. The van der Waals surface area contributed by atoms with Crippen LogP contribution in [0.3, 0.4) is 0 Å². The van der Waals surface area contributed by atoms with Gasteiger partial charge in [-0.3, -0.25) is 67.3 Å². The minimum atomic E-state index is -0.720. The summed E-state index contributed by atoms with van der Waals surface area (Å²) in [5, 5.41) is 19.3. The van der Waals surface area contributed by atoms with E-state index in [1.807, 2.05) is 55.4 Å². The van der Waals surface area contributed by atoms with Gasteiger partial charge in [0.2, 0.25) is 59.1 Å². The molecule has 2 saturated heterocycles. The molecule has 0 radical (unpaired) electrons. The zero-order chi connectivity index (χ0) is 56.4. The number of amides is 12. The van der Waals surface area contributed by atoms with Crippen LogP contribution in [-0.2, 0) is 57.5 Å². The van der Waals surface area contributed by atoms with Gasteiger partial charge >= 0.3 is 0 Å². The van der Waals surface area contributed by atoms with Crippen molar-refractivity contribution in [2.75, 3.05) is 77.7 Å². The molecular weight excluding hydrogens is 1070 g/mol. The molecule has 2 unspecified atom stereocenters. The Labute approximate surface area is 483 Å². The molecular formula is C51H108N12O12S3. The van der Waals surface area contributed by atoms with Crippen molar-refractivity contribution in [2.24, 2.45) is 11.5 Å². The van der Waals surface area contributed by atoms with Gasteiger partial charge in [0.15, 0.2) is 0 Å². The van der Waals surface area contributed by atoms with Gasteiger partial charge in [0.05, 0.1) is 22.6 Å². The fraction of sp³-hybridized carbons (Fsp3) is 0.725. The van der Waals surface area contributed by atoms with E-state index in [0.29, 0.717) is 31.1 Å². The second-order valence-corrected chi connectivity index (χ2v) is 16.7. The molecule has 0 aliphatic carbocycles.